The maximum absolute atomic E-state index is 5.87. The molecule has 0 aliphatic rings. The van der Waals surface area contributed by atoms with Crippen LogP contribution in [0, 0.1) is 13.8 Å². The predicted molar refractivity (Wildman–Crippen MR) is 103 cm³/mol. The fourth-order valence-corrected chi connectivity index (χ4v) is 2.96. The quantitative estimate of drug-likeness (QED) is 0.572. The molecule has 0 spiro atoms. The average molecular weight is 371 g/mol. The predicted octanol–water partition coefficient (Wildman–Crippen LogP) is 1.59. The van der Waals surface area contributed by atoms with Crippen molar-refractivity contribution in [3.8, 4) is 11.6 Å². The van der Waals surface area contributed by atoms with Crippen LogP contribution in [-0.4, -0.2) is 44.8 Å². The van der Waals surface area contributed by atoms with Crippen LogP contribution in [0.5, 0.6) is 11.6 Å². The van der Waals surface area contributed by atoms with E-state index < -0.39 is 0 Å². The van der Waals surface area contributed by atoms with Crippen LogP contribution in [-0.2, 0) is 6.54 Å². The second-order valence-corrected chi connectivity index (χ2v) is 6.32. The Balaban J connectivity index is 1.91. The topological polar surface area (TPSA) is 127 Å². The number of hydrogen-bond acceptors (Lipinski definition) is 8. The number of aryl methyl sites for hydroxylation is 1. The van der Waals surface area contributed by atoms with E-state index in [1.54, 1.807) is 19.6 Å². The van der Waals surface area contributed by atoms with Crippen molar-refractivity contribution in [2.75, 3.05) is 26.0 Å². The minimum absolute atomic E-state index is 0.143. The number of methoxy groups -OCH3 is 1. The Morgan fingerprint density at radius 3 is 2.70 bits per heavy atom. The molecule has 0 aliphatic carbocycles. The van der Waals surface area contributed by atoms with Gasteiger partial charge in [0, 0.05) is 17.3 Å². The highest BCUT2D eigenvalue weighted by molar-refractivity contribution is 5.77. The molecule has 0 unspecified atom stereocenters. The van der Waals surface area contributed by atoms with Crippen molar-refractivity contribution in [2.45, 2.75) is 33.2 Å². The van der Waals surface area contributed by atoms with Crippen molar-refractivity contribution in [1.82, 2.24) is 24.5 Å². The van der Waals surface area contributed by atoms with E-state index in [4.69, 9.17) is 20.9 Å². The normalized spacial score (nSPS) is 11.1. The Labute approximate surface area is 157 Å². The average Bonchev–Trinajstić information content (AvgIpc) is 3.04. The molecule has 9 heteroatoms. The van der Waals surface area contributed by atoms with Gasteiger partial charge in [-0.15, -0.1) is 0 Å². The summed E-state index contributed by atoms with van der Waals surface area (Å²) < 4.78 is 13.1. The number of ether oxygens (including phenoxy) is 2. The molecule has 0 saturated carbocycles. The van der Waals surface area contributed by atoms with Crippen molar-refractivity contribution >= 4 is 17.1 Å². The van der Waals surface area contributed by atoms with Crippen LogP contribution >= 0.6 is 0 Å². The van der Waals surface area contributed by atoms with Gasteiger partial charge in [0.15, 0.2) is 11.2 Å². The molecule has 3 aromatic rings. The number of unbranched alkanes of at least 4 members (excludes halogenated alkanes) is 1. The van der Waals surface area contributed by atoms with Gasteiger partial charge in [-0.25, -0.2) is 4.98 Å². The molecule has 27 heavy (non-hydrogen) atoms. The summed E-state index contributed by atoms with van der Waals surface area (Å²) in [5.74, 6) is 1.37. The molecule has 0 atom stereocenters. The zero-order valence-corrected chi connectivity index (χ0v) is 15.9. The number of hydrogen-bond donors (Lipinski definition) is 2. The Morgan fingerprint density at radius 2 is 1.96 bits per heavy atom. The van der Waals surface area contributed by atoms with E-state index in [9.17, 15) is 0 Å². The highest BCUT2D eigenvalue weighted by atomic mass is 16.5. The second-order valence-electron chi connectivity index (χ2n) is 6.32. The first kappa shape index (κ1) is 18.8. The Bertz CT molecular complexity index is 939. The van der Waals surface area contributed by atoms with Crippen molar-refractivity contribution < 1.29 is 9.47 Å². The SMILES string of the molecule is COc1c(C)cnc(Cn2cnc3c(OCCCCN)nc(N)nc32)c1C. The van der Waals surface area contributed by atoms with Crippen molar-refractivity contribution in [3.63, 3.8) is 0 Å². The monoisotopic (exact) mass is 371 g/mol. The fourth-order valence-electron chi connectivity index (χ4n) is 2.96. The number of nitrogens with zero attached hydrogens (tertiary/aromatic N) is 5. The van der Waals surface area contributed by atoms with Gasteiger partial charge in [-0.3, -0.25) is 4.98 Å². The van der Waals surface area contributed by atoms with Gasteiger partial charge in [0.05, 0.1) is 32.3 Å². The van der Waals surface area contributed by atoms with Gasteiger partial charge in [0.2, 0.25) is 11.8 Å². The van der Waals surface area contributed by atoms with E-state index in [0.29, 0.717) is 36.7 Å². The zero-order chi connectivity index (χ0) is 19.4. The molecular weight excluding hydrogens is 346 g/mol. The minimum Gasteiger partial charge on any atom is -0.496 e. The van der Waals surface area contributed by atoms with Gasteiger partial charge in [0.1, 0.15) is 5.75 Å². The molecule has 3 rings (SSSR count). The zero-order valence-electron chi connectivity index (χ0n) is 15.9. The third-order valence-corrected chi connectivity index (χ3v) is 4.36. The summed E-state index contributed by atoms with van der Waals surface area (Å²) in [6, 6.07) is 0. The lowest BCUT2D eigenvalue weighted by atomic mass is 10.1. The largest absolute Gasteiger partial charge is 0.496 e. The van der Waals surface area contributed by atoms with Gasteiger partial charge >= 0.3 is 0 Å². The van der Waals surface area contributed by atoms with Gasteiger partial charge < -0.3 is 25.5 Å². The lowest BCUT2D eigenvalue weighted by Crippen LogP contribution is -2.08. The van der Waals surface area contributed by atoms with Crippen LogP contribution in [0.3, 0.4) is 0 Å². The number of imidazole rings is 1. The van der Waals surface area contributed by atoms with Crippen LogP contribution in [0.4, 0.5) is 5.95 Å². The first-order chi connectivity index (χ1) is 13.0. The molecule has 0 amide bonds. The highest BCUT2D eigenvalue weighted by Crippen LogP contribution is 2.26. The van der Waals surface area contributed by atoms with Gasteiger partial charge in [-0.1, -0.05) is 0 Å². The lowest BCUT2D eigenvalue weighted by molar-refractivity contribution is 0.300. The maximum atomic E-state index is 5.87. The van der Waals surface area contributed by atoms with E-state index in [1.165, 1.54) is 0 Å². The van der Waals surface area contributed by atoms with Crippen molar-refractivity contribution in [2.24, 2.45) is 5.73 Å². The van der Waals surface area contributed by atoms with Crippen LogP contribution in [0.1, 0.15) is 29.7 Å². The van der Waals surface area contributed by atoms with E-state index in [0.717, 1.165) is 35.4 Å². The summed E-state index contributed by atoms with van der Waals surface area (Å²) in [5.41, 5.74) is 15.4. The molecular formula is C18H25N7O2. The molecule has 0 radical (unpaired) electrons. The van der Waals surface area contributed by atoms with E-state index >= 15 is 0 Å². The molecule has 9 nitrogen and oxygen atoms in total. The van der Waals surface area contributed by atoms with Crippen LogP contribution < -0.4 is 20.9 Å². The third kappa shape index (κ3) is 3.92. The standard InChI is InChI=1S/C18H25N7O2/c1-11-8-21-13(12(2)15(11)26-3)9-25-10-22-14-16(25)23-18(20)24-17(14)27-7-5-4-6-19/h8,10H,4-7,9,19H2,1-3H3,(H2,20,23,24). The fraction of sp³-hybridized carbons (Fsp3) is 0.444. The molecule has 3 aromatic heterocycles. The highest BCUT2D eigenvalue weighted by Gasteiger charge is 2.16. The third-order valence-electron chi connectivity index (χ3n) is 4.36. The van der Waals surface area contributed by atoms with Crippen LogP contribution in [0.15, 0.2) is 12.5 Å². The van der Waals surface area contributed by atoms with E-state index in [2.05, 4.69) is 19.9 Å². The molecule has 4 N–H and O–H groups in total. The van der Waals surface area contributed by atoms with Crippen LogP contribution in [0.2, 0.25) is 0 Å². The first-order valence-corrected chi connectivity index (χ1v) is 8.85. The summed E-state index contributed by atoms with van der Waals surface area (Å²) in [6.07, 6.45) is 5.22. The Kier molecular flexibility index (Phi) is 5.70. The minimum atomic E-state index is 0.143. The second kappa shape index (κ2) is 8.17. The number of rotatable bonds is 8. The Morgan fingerprint density at radius 1 is 1.15 bits per heavy atom. The first-order valence-electron chi connectivity index (χ1n) is 8.85. The van der Waals surface area contributed by atoms with Gasteiger partial charge in [0.25, 0.3) is 0 Å². The molecule has 0 aromatic carbocycles. The molecule has 3 heterocycles. The number of nitrogens with two attached hydrogens (primary N) is 2. The number of aromatic nitrogens is 5. The summed E-state index contributed by atoms with van der Waals surface area (Å²) in [4.78, 5) is 17.5. The Hall–Kier alpha value is -2.94. The van der Waals surface area contributed by atoms with Crippen LogP contribution in [0.25, 0.3) is 11.2 Å². The molecule has 0 saturated heterocycles. The summed E-state index contributed by atoms with van der Waals surface area (Å²) in [5, 5.41) is 0. The molecule has 144 valence electrons. The smallest absolute Gasteiger partial charge is 0.247 e. The van der Waals surface area contributed by atoms with Gasteiger partial charge in [-0.2, -0.15) is 9.97 Å². The lowest BCUT2D eigenvalue weighted by Gasteiger charge is -2.13. The summed E-state index contributed by atoms with van der Waals surface area (Å²) >= 11 is 0. The summed E-state index contributed by atoms with van der Waals surface area (Å²) in [6.45, 7) is 5.58. The van der Waals surface area contributed by atoms with E-state index in [-0.39, 0.29) is 5.95 Å². The van der Waals surface area contributed by atoms with E-state index in [1.807, 2.05) is 18.4 Å². The number of anilines is 1. The molecule has 0 fully saturated rings. The number of nitrogen functional groups attached to an aromatic ring is 1. The summed E-state index contributed by atoms with van der Waals surface area (Å²) in [7, 11) is 1.66. The van der Waals surface area contributed by atoms with Gasteiger partial charge in [-0.05, 0) is 33.2 Å². The van der Waals surface area contributed by atoms with Crippen molar-refractivity contribution in [1.29, 1.82) is 0 Å². The molecule has 0 aliphatic heterocycles. The number of fused-ring (bicyclic) bond motifs is 1. The van der Waals surface area contributed by atoms with Crippen molar-refractivity contribution in [3.05, 3.63) is 29.3 Å². The molecule has 0 bridgehead atoms. The number of pyridine rings is 1. The maximum Gasteiger partial charge on any atom is 0.247 e.